The van der Waals surface area contributed by atoms with Gasteiger partial charge in [-0.15, -0.1) is 0 Å². The second-order valence-electron chi connectivity index (χ2n) is 4.77. The first-order chi connectivity index (χ1) is 9.06. The Labute approximate surface area is 121 Å². The van der Waals surface area contributed by atoms with E-state index in [4.69, 9.17) is 11.6 Å². The van der Waals surface area contributed by atoms with Gasteiger partial charge in [-0.2, -0.15) is 11.8 Å². The number of nitrogens with one attached hydrogen (secondary N) is 1. The molecule has 6 heteroatoms. The number of amides is 1. The summed E-state index contributed by atoms with van der Waals surface area (Å²) in [6, 6.07) is 1.12. The highest BCUT2D eigenvalue weighted by atomic mass is 35.5. The van der Waals surface area contributed by atoms with E-state index in [0.717, 1.165) is 25.1 Å². The number of hydrogen-bond acceptors (Lipinski definition) is 3. The molecule has 0 atom stereocenters. The third kappa shape index (κ3) is 3.39. The zero-order valence-corrected chi connectivity index (χ0v) is 12.3. The number of rotatable bonds is 4. The molecule has 0 unspecified atom stereocenters. The molecule has 0 bridgehead atoms. The van der Waals surface area contributed by atoms with Gasteiger partial charge in [0, 0.05) is 11.3 Å². The zero-order chi connectivity index (χ0) is 13.9. The summed E-state index contributed by atoms with van der Waals surface area (Å²) in [6.45, 7) is 0.583. The molecule has 0 spiro atoms. The first-order valence-corrected chi connectivity index (χ1v) is 7.81. The number of pyridine rings is 1. The van der Waals surface area contributed by atoms with Gasteiger partial charge in [0.1, 0.15) is 11.0 Å². The minimum atomic E-state index is -0.560. The summed E-state index contributed by atoms with van der Waals surface area (Å²) >= 11 is 7.60. The smallest absolute Gasteiger partial charge is 0.254 e. The van der Waals surface area contributed by atoms with E-state index in [-0.39, 0.29) is 21.4 Å². The molecule has 0 aromatic carbocycles. The largest absolute Gasteiger partial charge is 0.351 e. The molecule has 1 amide bonds. The lowest BCUT2D eigenvalue weighted by Crippen LogP contribution is -2.38. The van der Waals surface area contributed by atoms with Crippen LogP contribution in [0.2, 0.25) is 5.15 Å². The van der Waals surface area contributed by atoms with Crippen molar-refractivity contribution in [3.05, 3.63) is 28.8 Å². The maximum atomic E-state index is 13.1. The number of thioether (sulfide) groups is 1. The summed E-state index contributed by atoms with van der Waals surface area (Å²) in [6.07, 6.45) is 7.65. The molecular formula is C13H16ClFN2OS. The van der Waals surface area contributed by atoms with Gasteiger partial charge in [0.25, 0.3) is 5.91 Å². The summed E-state index contributed by atoms with van der Waals surface area (Å²) in [5, 5.41) is 2.88. The normalized spacial score (nSPS) is 17.4. The lowest BCUT2D eigenvalue weighted by molar-refractivity contribution is 0.0949. The van der Waals surface area contributed by atoms with Crippen molar-refractivity contribution in [2.45, 2.75) is 30.4 Å². The minimum absolute atomic E-state index is 0.0310. The number of halogens is 2. The van der Waals surface area contributed by atoms with E-state index in [1.165, 1.54) is 12.8 Å². The Balaban J connectivity index is 2.03. The van der Waals surface area contributed by atoms with Gasteiger partial charge in [-0.3, -0.25) is 4.79 Å². The lowest BCUT2D eigenvalue weighted by atomic mass is 10.1. The molecule has 0 saturated heterocycles. The third-order valence-electron chi connectivity index (χ3n) is 3.57. The third-order valence-corrected chi connectivity index (χ3v) is 5.29. The molecule has 0 aliphatic heterocycles. The average Bonchev–Trinajstić information content (AvgIpc) is 2.88. The van der Waals surface area contributed by atoms with Gasteiger partial charge in [0.2, 0.25) is 0 Å². The van der Waals surface area contributed by atoms with Crippen molar-refractivity contribution in [1.29, 1.82) is 0 Å². The summed E-state index contributed by atoms with van der Waals surface area (Å²) in [7, 11) is 0. The maximum Gasteiger partial charge on any atom is 0.254 e. The molecule has 1 saturated carbocycles. The van der Waals surface area contributed by atoms with Crippen LogP contribution in [0.1, 0.15) is 36.0 Å². The summed E-state index contributed by atoms with van der Waals surface area (Å²) < 4.78 is 13.2. The van der Waals surface area contributed by atoms with Crippen LogP contribution in [0.4, 0.5) is 4.39 Å². The Hall–Kier alpha value is -0.810. The van der Waals surface area contributed by atoms with E-state index in [9.17, 15) is 9.18 Å². The van der Waals surface area contributed by atoms with Gasteiger partial charge in [-0.25, -0.2) is 9.37 Å². The predicted octanol–water partition coefficient (Wildman–Crippen LogP) is 3.28. The molecule has 104 valence electrons. The lowest BCUT2D eigenvalue weighted by Gasteiger charge is -2.26. The molecule has 19 heavy (non-hydrogen) atoms. The predicted molar refractivity (Wildman–Crippen MR) is 76.3 cm³/mol. The maximum absolute atomic E-state index is 13.1. The Kier molecular flexibility index (Phi) is 4.68. The highest BCUT2D eigenvalue weighted by Gasteiger charge is 2.33. The fourth-order valence-corrected chi connectivity index (χ4v) is 3.49. The van der Waals surface area contributed by atoms with Crippen LogP contribution in [0.15, 0.2) is 12.3 Å². The van der Waals surface area contributed by atoms with E-state index in [0.29, 0.717) is 6.54 Å². The Morgan fingerprint density at radius 2 is 2.26 bits per heavy atom. The van der Waals surface area contributed by atoms with Crippen molar-refractivity contribution in [3.63, 3.8) is 0 Å². The van der Waals surface area contributed by atoms with Crippen LogP contribution in [0, 0.1) is 5.82 Å². The zero-order valence-electron chi connectivity index (χ0n) is 10.7. The molecule has 1 aliphatic carbocycles. The van der Waals surface area contributed by atoms with E-state index in [1.54, 1.807) is 11.8 Å². The molecule has 1 aromatic rings. The monoisotopic (exact) mass is 302 g/mol. The number of hydrogen-bond donors (Lipinski definition) is 1. The number of carbonyl (C=O) groups is 1. The quantitative estimate of drug-likeness (QED) is 0.868. The van der Waals surface area contributed by atoms with Gasteiger partial charge in [0.15, 0.2) is 0 Å². The highest BCUT2D eigenvalue weighted by molar-refractivity contribution is 8.00. The molecule has 0 radical (unpaired) electrons. The van der Waals surface area contributed by atoms with Crippen molar-refractivity contribution in [2.75, 3.05) is 12.8 Å². The standard InChI is InChI=1S/C13H16ClFN2OS/c1-19-13(4-2-3-5-13)8-17-12(18)10-6-9(15)7-16-11(10)14/h6-7H,2-5,8H2,1H3,(H,17,18). The van der Waals surface area contributed by atoms with Crippen molar-refractivity contribution < 1.29 is 9.18 Å². The summed E-state index contributed by atoms with van der Waals surface area (Å²) in [5.74, 6) is -0.924. The van der Waals surface area contributed by atoms with Crippen LogP contribution in [-0.2, 0) is 0 Å². The Morgan fingerprint density at radius 1 is 1.58 bits per heavy atom. The molecule has 1 fully saturated rings. The number of nitrogens with zero attached hydrogens (tertiary/aromatic N) is 1. The number of carbonyl (C=O) groups excluding carboxylic acids is 1. The van der Waals surface area contributed by atoms with Crippen LogP contribution < -0.4 is 5.32 Å². The molecule has 1 N–H and O–H groups in total. The van der Waals surface area contributed by atoms with Crippen LogP contribution >= 0.6 is 23.4 Å². The number of aromatic nitrogens is 1. The van der Waals surface area contributed by atoms with Crippen LogP contribution in [-0.4, -0.2) is 28.4 Å². The fraction of sp³-hybridized carbons (Fsp3) is 0.538. The first-order valence-electron chi connectivity index (χ1n) is 6.21. The van der Waals surface area contributed by atoms with E-state index < -0.39 is 5.82 Å². The van der Waals surface area contributed by atoms with Crippen molar-refractivity contribution in [3.8, 4) is 0 Å². The molecule has 1 heterocycles. The summed E-state index contributed by atoms with van der Waals surface area (Å²) in [4.78, 5) is 15.7. The van der Waals surface area contributed by atoms with Gasteiger partial charge in [-0.1, -0.05) is 24.4 Å². The van der Waals surface area contributed by atoms with Crippen LogP contribution in [0.5, 0.6) is 0 Å². The van der Waals surface area contributed by atoms with Gasteiger partial charge in [0.05, 0.1) is 11.8 Å². The highest BCUT2D eigenvalue weighted by Crippen LogP contribution is 2.39. The summed E-state index contributed by atoms with van der Waals surface area (Å²) in [5.41, 5.74) is 0.0934. The van der Waals surface area contributed by atoms with Gasteiger partial charge in [-0.05, 0) is 25.2 Å². The molecule has 1 aliphatic rings. The Bertz CT molecular complexity index is 478. The van der Waals surface area contributed by atoms with E-state index in [2.05, 4.69) is 16.6 Å². The molecule has 1 aromatic heterocycles. The van der Waals surface area contributed by atoms with Crippen molar-refractivity contribution in [2.24, 2.45) is 0 Å². The first kappa shape index (κ1) is 14.6. The fourth-order valence-electron chi connectivity index (χ4n) is 2.39. The molecule has 3 nitrogen and oxygen atoms in total. The van der Waals surface area contributed by atoms with Gasteiger partial charge < -0.3 is 5.32 Å². The molecule has 2 rings (SSSR count). The molecular weight excluding hydrogens is 287 g/mol. The SMILES string of the molecule is CSC1(CNC(=O)c2cc(F)cnc2Cl)CCCC1. The minimum Gasteiger partial charge on any atom is -0.351 e. The van der Waals surface area contributed by atoms with Crippen molar-refractivity contribution >= 4 is 29.3 Å². The Morgan fingerprint density at radius 3 is 2.89 bits per heavy atom. The second-order valence-corrected chi connectivity index (χ2v) is 6.40. The van der Waals surface area contributed by atoms with Gasteiger partial charge >= 0.3 is 0 Å². The average molecular weight is 303 g/mol. The van der Waals surface area contributed by atoms with Crippen molar-refractivity contribution in [1.82, 2.24) is 10.3 Å². The van der Waals surface area contributed by atoms with E-state index >= 15 is 0 Å². The van der Waals surface area contributed by atoms with E-state index in [1.807, 2.05) is 0 Å². The topological polar surface area (TPSA) is 42.0 Å². The second kappa shape index (κ2) is 6.09. The van der Waals surface area contributed by atoms with Crippen LogP contribution in [0.25, 0.3) is 0 Å². The van der Waals surface area contributed by atoms with Crippen LogP contribution in [0.3, 0.4) is 0 Å².